The molecule has 0 radical (unpaired) electrons. The van der Waals surface area contributed by atoms with Crippen molar-refractivity contribution in [1.29, 1.82) is 5.41 Å². The number of nitrogens with two attached hydrogens (primary N) is 1. The number of aromatic amines is 1. The van der Waals surface area contributed by atoms with Crippen LogP contribution in [0.15, 0.2) is 24.3 Å². The number of nitrogens with one attached hydrogen (secondary N) is 2. The number of benzene rings is 1. The minimum Gasteiger partial charge on any atom is -0.390 e. The van der Waals surface area contributed by atoms with E-state index in [9.17, 15) is 0 Å². The van der Waals surface area contributed by atoms with E-state index in [-0.39, 0.29) is 0 Å². The van der Waals surface area contributed by atoms with E-state index < -0.39 is 0 Å². The first-order valence-electron chi connectivity index (χ1n) is 3.34. The Morgan fingerprint density at radius 1 is 1.25 bits per heavy atom. The van der Waals surface area contributed by atoms with Crippen molar-refractivity contribution >= 4 is 17.4 Å². The lowest BCUT2D eigenvalue weighted by Crippen LogP contribution is -1.81. The Bertz CT molecular complexity index is 323. The molecule has 4 N–H and O–H groups in total. The molecule has 0 aliphatic heterocycles. The van der Waals surface area contributed by atoms with Crippen molar-refractivity contribution in [1.82, 2.24) is 15.4 Å². The fourth-order valence-electron chi connectivity index (χ4n) is 0.786. The molecule has 2 rings (SSSR count). The molecule has 0 bridgehead atoms. The average Bonchev–Trinajstić information content (AvgIpc) is 2.52. The molecule has 62 valence electrons. The minimum atomic E-state index is 0.750. The van der Waals surface area contributed by atoms with Gasteiger partial charge in [-0.1, -0.05) is 12.1 Å². The van der Waals surface area contributed by atoms with Gasteiger partial charge in [0.05, 0.1) is 6.34 Å². The quantitative estimate of drug-likeness (QED) is 0.390. The number of hydrogen-bond acceptors (Lipinski definition) is 3. The van der Waals surface area contributed by atoms with Gasteiger partial charge in [0.15, 0.2) is 0 Å². The molecular formula is C7H9N5. The molecule has 1 aromatic heterocycles. The molecule has 2 aromatic rings. The van der Waals surface area contributed by atoms with Crippen molar-refractivity contribution in [2.75, 3.05) is 0 Å². The highest BCUT2D eigenvalue weighted by atomic mass is 15.3. The summed E-state index contributed by atoms with van der Waals surface area (Å²) in [7, 11) is 0. The Balaban J connectivity index is 0.000000213. The number of rotatable bonds is 0. The lowest BCUT2D eigenvalue weighted by atomic mass is 10.3. The van der Waals surface area contributed by atoms with Gasteiger partial charge in [-0.3, -0.25) is 5.41 Å². The number of para-hydroxylation sites is 2. The van der Waals surface area contributed by atoms with Crippen LogP contribution in [0.3, 0.4) is 0 Å². The van der Waals surface area contributed by atoms with E-state index in [1.54, 1.807) is 0 Å². The molecular weight excluding hydrogens is 154 g/mol. The average molecular weight is 163 g/mol. The Morgan fingerprint density at radius 3 is 2.08 bits per heavy atom. The van der Waals surface area contributed by atoms with E-state index in [2.05, 4.69) is 21.1 Å². The van der Waals surface area contributed by atoms with Gasteiger partial charge in [-0.15, -0.1) is 0 Å². The summed E-state index contributed by atoms with van der Waals surface area (Å²) in [5, 5.41) is 16.2. The van der Waals surface area contributed by atoms with Crippen LogP contribution in [0.5, 0.6) is 0 Å². The van der Waals surface area contributed by atoms with Gasteiger partial charge in [-0.2, -0.15) is 15.4 Å². The topological polar surface area (TPSA) is 91.4 Å². The van der Waals surface area contributed by atoms with Gasteiger partial charge in [0.2, 0.25) is 0 Å². The molecule has 0 unspecified atom stereocenters. The second-order valence-electron chi connectivity index (χ2n) is 1.98. The third-order valence-corrected chi connectivity index (χ3v) is 1.22. The van der Waals surface area contributed by atoms with Gasteiger partial charge in [-0.25, -0.2) is 0 Å². The summed E-state index contributed by atoms with van der Waals surface area (Å²) in [5.41, 5.74) is 6.22. The maximum atomic E-state index is 5.86. The maximum absolute atomic E-state index is 5.86. The van der Waals surface area contributed by atoms with Crippen LogP contribution < -0.4 is 5.73 Å². The predicted octanol–water partition coefficient (Wildman–Crippen LogP) is 0.510. The lowest BCUT2D eigenvalue weighted by molar-refractivity contribution is 0.959. The summed E-state index contributed by atoms with van der Waals surface area (Å²) in [4.78, 5) is 0. The third kappa shape index (κ3) is 1.79. The second-order valence-corrected chi connectivity index (χ2v) is 1.98. The highest BCUT2D eigenvalue weighted by Gasteiger charge is 1.90. The first kappa shape index (κ1) is 8.19. The monoisotopic (exact) mass is 163 g/mol. The van der Waals surface area contributed by atoms with Gasteiger partial charge >= 0.3 is 0 Å². The van der Waals surface area contributed by atoms with Gasteiger partial charge in [-0.05, 0) is 12.1 Å². The van der Waals surface area contributed by atoms with Gasteiger partial charge in [0.1, 0.15) is 11.0 Å². The summed E-state index contributed by atoms with van der Waals surface area (Å²) in [5.74, 6) is 0. The van der Waals surface area contributed by atoms with Gasteiger partial charge in [0, 0.05) is 0 Å². The molecule has 0 fully saturated rings. The normalized spacial score (nSPS) is 8.67. The van der Waals surface area contributed by atoms with Crippen molar-refractivity contribution < 1.29 is 0 Å². The van der Waals surface area contributed by atoms with Crippen molar-refractivity contribution in [2.45, 2.75) is 0 Å². The van der Waals surface area contributed by atoms with Gasteiger partial charge in [0.25, 0.3) is 0 Å². The van der Waals surface area contributed by atoms with E-state index in [1.165, 1.54) is 0 Å². The van der Waals surface area contributed by atoms with E-state index in [0.29, 0.717) is 0 Å². The van der Waals surface area contributed by atoms with Crippen molar-refractivity contribution in [2.24, 2.45) is 5.73 Å². The highest BCUT2D eigenvalue weighted by molar-refractivity contribution is 5.72. The summed E-state index contributed by atoms with van der Waals surface area (Å²) in [6.07, 6.45) is 0.750. The molecule has 0 atom stereocenters. The van der Waals surface area contributed by atoms with Crippen LogP contribution >= 0.6 is 0 Å². The SMILES string of the molecule is N=CN.c1ccc2n[nH]nc2c1. The van der Waals surface area contributed by atoms with Crippen LogP contribution in [0, 0.1) is 5.41 Å². The third-order valence-electron chi connectivity index (χ3n) is 1.22. The first-order chi connectivity index (χ1) is 5.88. The Labute approximate surface area is 69.1 Å². The van der Waals surface area contributed by atoms with Crippen LogP contribution in [0.1, 0.15) is 0 Å². The largest absolute Gasteiger partial charge is 0.390 e. The Kier molecular flexibility index (Phi) is 2.78. The Hall–Kier alpha value is -1.91. The van der Waals surface area contributed by atoms with E-state index in [1.807, 2.05) is 24.3 Å². The molecule has 12 heavy (non-hydrogen) atoms. The highest BCUT2D eigenvalue weighted by Crippen LogP contribution is 2.03. The van der Waals surface area contributed by atoms with Gasteiger partial charge < -0.3 is 5.73 Å². The van der Waals surface area contributed by atoms with Crippen LogP contribution in [0.25, 0.3) is 11.0 Å². The van der Waals surface area contributed by atoms with Crippen molar-refractivity contribution in [3.8, 4) is 0 Å². The summed E-state index contributed by atoms with van der Waals surface area (Å²) >= 11 is 0. The molecule has 0 aliphatic rings. The zero-order valence-corrected chi connectivity index (χ0v) is 6.36. The molecule has 0 saturated carbocycles. The number of nitrogens with zero attached hydrogens (tertiary/aromatic N) is 2. The van der Waals surface area contributed by atoms with Crippen LogP contribution in [0.2, 0.25) is 0 Å². The molecule has 5 heteroatoms. The van der Waals surface area contributed by atoms with Crippen LogP contribution in [-0.4, -0.2) is 21.7 Å². The zero-order chi connectivity index (χ0) is 8.81. The van der Waals surface area contributed by atoms with Crippen molar-refractivity contribution in [3.63, 3.8) is 0 Å². The molecule has 0 amide bonds. The summed E-state index contributed by atoms with van der Waals surface area (Å²) < 4.78 is 0. The zero-order valence-electron chi connectivity index (χ0n) is 6.36. The molecule has 0 saturated heterocycles. The van der Waals surface area contributed by atoms with E-state index in [4.69, 9.17) is 5.41 Å². The fraction of sp³-hybridized carbons (Fsp3) is 0. The molecule has 1 heterocycles. The number of hydrogen-bond donors (Lipinski definition) is 3. The summed E-state index contributed by atoms with van der Waals surface area (Å²) in [6, 6.07) is 7.70. The van der Waals surface area contributed by atoms with Crippen molar-refractivity contribution in [3.05, 3.63) is 24.3 Å². The standard InChI is InChI=1S/C6H5N3.CH4N2/c1-2-4-6-5(3-1)7-9-8-6;2-1-3/h1-4H,(H,7,8,9);1H,(H3,2,3). The predicted molar refractivity (Wildman–Crippen MR) is 46.9 cm³/mol. The van der Waals surface area contributed by atoms with E-state index >= 15 is 0 Å². The number of aromatic nitrogens is 3. The Morgan fingerprint density at radius 2 is 1.67 bits per heavy atom. The van der Waals surface area contributed by atoms with Crippen LogP contribution in [0.4, 0.5) is 0 Å². The molecule has 1 aromatic carbocycles. The first-order valence-corrected chi connectivity index (χ1v) is 3.34. The molecule has 0 aliphatic carbocycles. The summed E-state index contributed by atoms with van der Waals surface area (Å²) in [6.45, 7) is 0. The minimum absolute atomic E-state index is 0.750. The second kappa shape index (κ2) is 4.07. The van der Waals surface area contributed by atoms with E-state index in [0.717, 1.165) is 17.4 Å². The maximum Gasteiger partial charge on any atom is 0.112 e. The molecule has 0 spiro atoms. The molecule has 5 nitrogen and oxygen atoms in total. The number of H-pyrrole nitrogens is 1. The lowest BCUT2D eigenvalue weighted by Gasteiger charge is -1.78. The number of fused-ring (bicyclic) bond motifs is 1. The van der Waals surface area contributed by atoms with Crippen LogP contribution in [-0.2, 0) is 0 Å². The smallest absolute Gasteiger partial charge is 0.112 e. The fourth-order valence-corrected chi connectivity index (χ4v) is 0.786.